The van der Waals surface area contributed by atoms with E-state index in [4.69, 9.17) is 0 Å². The fourth-order valence-electron chi connectivity index (χ4n) is 2.49. The molecule has 1 saturated carbocycles. The zero-order valence-electron chi connectivity index (χ0n) is 12.5. The Balaban J connectivity index is 1.77. The SMILES string of the molecule is CC(CNC1CC(c2ccccc2F)C1)C(C)(C)C. The van der Waals surface area contributed by atoms with Crippen LogP contribution in [0.1, 0.15) is 52.0 Å². The van der Waals surface area contributed by atoms with Gasteiger partial charge in [-0.1, -0.05) is 45.9 Å². The molecule has 1 N–H and O–H groups in total. The molecular formula is C17H26FN. The molecule has 1 aliphatic rings. The summed E-state index contributed by atoms with van der Waals surface area (Å²) >= 11 is 0. The van der Waals surface area contributed by atoms with Crippen LogP contribution in [0, 0.1) is 17.2 Å². The molecule has 0 spiro atoms. The third-order valence-corrected chi connectivity index (χ3v) is 4.67. The summed E-state index contributed by atoms with van der Waals surface area (Å²) in [6.07, 6.45) is 2.13. The maximum atomic E-state index is 13.6. The Labute approximate surface area is 116 Å². The molecule has 19 heavy (non-hydrogen) atoms. The van der Waals surface area contributed by atoms with Crippen LogP contribution in [-0.4, -0.2) is 12.6 Å². The van der Waals surface area contributed by atoms with Crippen LogP contribution >= 0.6 is 0 Å². The zero-order chi connectivity index (χ0) is 14.0. The molecule has 0 bridgehead atoms. The highest BCUT2D eigenvalue weighted by Gasteiger charge is 2.32. The van der Waals surface area contributed by atoms with Crippen LogP contribution in [0.3, 0.4) is 0 Å². The number of hydrogen-bond acceptors (Lipinski definition) is 1. The lowest BCUT2D eigenvalue weighted by atomic mass is 9.75. The van der Waals surface area contributed by atoms with E-state index in [0.29, 0.717) is 23.3 Å². The molecule has 1 aromatic carbocycles. The molecule has 0 aromatic heterocycles. The molecule has 0 aliphatic heterocycles. The quantitative estimate of drug-likeness (QED) is 0.852. The summed E-state index contributed by atoms with van der Waals surface area (Å²) in [5.41, 5.74) is 1.24. The molecule has 2 heteroatoms. The second kappa shape index (κ2) is 5.62. The lowest BCUT2D eigenvalue weighted by Gasteiger charge is -2.38. The smallest absolute Gasteiger partial charge is 0.126 e. The van der Waals surface area contributed by atoms with E-state index in [2.05, 4.69) is 33.0 Å². The first-order valence-corrected chi connectivity index (χ1v) is 7.35. The standard InChI is InChI=1S/C17H26FN/c1-12(17(2,3)4)11-19-14-9-13(10-14)15-7-5-6-8-16(15)18/h5-8,12-14,19H,9-11H2,1-4H3. The summed E-state index contributed by atoms with van der Waals surface area (Å²) in [7, 11) is 0. The Bertz CT molecular complexity index is 416. The Morgan fingerprint density at radius 2 is 1.89 bits per heavy atom. The van der Waals surface area contributed by atoms with Crippen LogP contribution in [0.2, 0.25) is 0 Å². The molecule has 1 unspecified atom stereocenters. The maximum Gasteiger partial charge on any atom is 0.126 e. The largest absolute Gasteiger partial charge is 0.314 e. The van der Waals surface area contributed by atoms with Gasteiger partial charge in [-0.15, -0.1) is 0 Å². The van der Waals surface area contributed by atoms with Gasteiger partial charge in [0.15, 0.2) is 0 Å². The van der Waals surface area contributed by atoms with Gasteiger partial charge in [0.25, 0.3) is 0 Å². The van der Waals surface area contributed by atoms with Gasteiger partial charge in [0, 0.05) is 6.04 Å². The molecule has 106 valence electrons. The maximum absolute atomic E-state index is 13.6. The van der Waals surface area contributed by atoms with E-state index in [-0.39, 0.29) is 5.82 Å². The van der Waals surface area contributed by atoms with Crippen molar-refractivity contribution in [2.45, 2.75) is 52.5 Å². The summed E-state index contributed by atoms with van der Waals surface area (Å²) in [4.78, 5) is 0. The number of halogens is 1. The summed E-state index contributed by atoms with van der Waals surface area (Å²) in [6.45, 7) is 10.2. The molecule has 1 atom stereocenters. The van der Waals surface area contributed by atoms with E-state index in [1.807, 2.05) is 12.1 Å². The average Bonchev–Trinajstić information content (AvgIpc) is 2.27. The lowest BCUT2D eigenvalue weighted by molar-refractivity contribution is 0.214. The molecule has 2 rings (SSSR count). The Morgan fingerprint density at radius 1 is 1.26 bits per heavy atom. The van der Waals surface area contributed by atoms with E-state index >= 15 is 0 Å². The summed E-state index contributed by atoms with van der Waals surface area (Å²) in [5, 5.41) is 3.62. The summed E-state index contributed by atoms with van der Waals surface area (Å²) in [6, 6.07) is 7.75. The van der Waals surface area contributed by atoms with Crippen molar-refractivity contribution >= 4 is 0 Å². The van der Waals surface area contributed by atoms with Crippen molar-refractivity contribution in [3.8, 4) is 0 Å². The highest BCUT2D eigenvalue weighted by atomic mass is 19.1. The number of benzene rings is 1. The van der Waals surface area contributed by atoms with Crippen LogP contribution in [-0.2, 0) is 0 Å². The summed E-state index contributed by atoms with van der Waals surface area (Å²) < 4.78 is 13.6. The zero-order valence-corrected chi connectivity index (χ0v) is 12.5. The minimum absolute atomic E-state index is 0.0472. The number of nitrogens with one attached hydrogen (secondary N) is 1. The van der Waals surface area contributed by atoms with Crippen LogP contribution in [0.25, 0.3) is 0 Å². The molecule has 0 heterocycles. The van der Waals surface area contributed by atoms with E-state index in [1.54, 1.807) is 12.1 Å². The number of hydrogen-bond donors (Lipinski definition) is 1. The Morgan fingerprint density at radius 3 is 2.47 bits per heavy atom. The van der Waals surface area contributed by atoms with E-state index in [9.17, 15) is 4.39 Å². The molecule has 1 aliphatic carbocycles. The van der Waals surface area contributed by atoms with E-state index in [1.165, 1.54) is 0 Å². The molecule has 0 radical (unpaired) electrons. The predicted molar refractivity (Wildman–Crippen MR) is 78.8 cm³/mol. The van der Waals surface area contributed by atoms with E-state index in [0.717, 1.165) is 24.9 Å². The first-order chi connectivity index (χ1) is 8.88. The van der Waals surface area contributed by atoms with Crippen molar-refractivity contribution in [2.75, 3.05) is 6.54 Å². The fourth-order valence-corrected chi connectivity index (χ4v) is 2.49. The Kier molecular flexibility index (Phi) is 4.29. The molecule has 1 fully saturated rings. The van der Waals surface area contributed by atoms with Crippen molar-refractivity contribution in [3.63, 3.8) is 0 Å². The van der Waals surface area contributed by atoms with Crippen LogP contribution in [0.5, 0.6) is 0 Å². The van der Waals surface area contributed by atoms with Gasteiger partial charge in [0.2, 0.25) is 0 Å². The van der Waals surface area contributed by atoms with Gasteiger partial charge >= 0.3 is 0 Å². The fraction of sp³-hybridized carbons (Fsp3) is 0.647. The van der Waals surface area contributed by atoms with Crippen LogP contribution in [0.15, 0.2) is 24.3 Å². The van der Waals surface area contributed by atoms with Gasteiger partial charge in [0.1, 0.15) is 5.82 Å². The topological polar surface area (TPSA) is 12.0 Å². The summed E-state index contributed by atoms with van der Waals surface area (Å²) in [5.74, 6) is 1.01. The third kappa shape index (κ3) is 3.56. The van der Waals surface area contributed by atoms with Gasteiger partial charge in [-0.2, -0.15) is 0 Å². The van der Waals surface area contributed by atoms with Gasteiger partial charge in [-0.25, -0.2) is 4.39 Å². The minimum atomic E-state index is -0.0472. The second-order valence-electron chi connectivity index (χ2n) is 7.06. The van der Waals surface area contributed by atoms with Crippen molar-refractivity contribution in [1.82, 2.24) is 5.32 Å². The van der Waals surface area contributed by atoms with Crippen molar-refractivity contribution in [3.05, 3.63) is 35.6 Å². The molecule has 0 saturated heterocycles. The highest BCUT2D eigenvalue weighted by molar-refractivity contribution is 5.24. The van der Waals surface area contributed by atoms with Gasteiger partial charge in [-0.3, -0.25) is 0 Å². The minimum Gasteiger partial charge on any atom is -0.314 e. The first-order valence-electron chi connectivity index (χ1n) is 7.35. The van der Waals surface area contributed by atoms with Crippen LogP contribution < -0.4 is 5.32 Å². The molecule has 0 amide bonds. The highest BCUT2D eigenvalue weighted by Crippen LogP contribution is 2.38. The molecule has 1 aromatic rings. The van der Waals surface area contributed by atoms with Gasteiger partial charge < -0.3 is 5.32 Å². The second-order valence-corrected chi connectivity index (χ2v) is 7.06. The normalized spacial score (nSPS) is 24.9. The van der Waals surface area contributed by atoms with Crippen molar-refractivity contribution in [1.29, 1.82) is 0 Å². The first kappa shape index (κ1) is 14.5. The van der Waals surface area contributed by atoms with E-state index < -0.39 is 0 Å². The molecule has 1 nitrogen and oxygen atoms in total. The average molecular weight is 263 g/mol. The van der Waals surface area contributed by atoms with Crippen molar-refractivity contribution in [2.24, 2.45) is 11.3 Å². The predicted octanol–water partition coefficient (Wildman–Crippen LogP) is 4.34. The lowest BCUT2D eigenvalue weighted by Crippen LogP contribution is -2.43. The van der Waals surface area contributed by atoms with Crippen molar-refractivity contribution < 1.29 is 4.39 Å². The molecular weight excluding hydrogens is 237 g/mol. The Hall–Kier alpha value is -0.890. The van der Waals surface area contributed by atoms with Gasteiger partial charge in [0.05, 0.1) is 0 Å². The number of rotatable bonds is 4. The third-order valence-electron chi connectivity index (χ3n) is 4.67. The van der Waals surface area contributed by atoms with Crippen LogP contribution in [0.4, 0.5) is 4.39 Å². The monoisotopic (exact) mass is 263 g/mol. The van der Waals surface area contributed by atoms with Gasteiger partial charge in [-0.05, 0) is 48.3 Å².